The maximum atomic E-state index is 12.8. The molecule has 3 aromatic rings. The van der Waals surface area contributed by atoms with E-state index in [1.165, 1.54) is 0 Å². The summed E-state index contributed by atoms with van der Waals surface area (Å²) in [5, 5.41) is 20.2. The van der Waals surface area contributed by atoms with Gasteiger partial charge in [-0.05, 0) is 17.7 Å². The molecular formula is C19H12N2O4. The van der Waals surface area contributed by atoms with Gasteiger partial charge in [0.15, 0.2) is 5.88 Å². The maximum Gasteiger partial charge on any atom is 0.277 e. The predicted molar refractivity (Wildman–Crippen MR) is 91.2 cm³/mol. The molecule has 4 rings (SSSR count). The van der Waals surface area contributed by atoms with E-state index < -0.39 is 17.6 Å². The van der Waals surface area contributed by atoms with Crippen LogP contribution < -0.4 is 0 Å². The Balaban J connectivity index is 1.95. The van der Waals surface area contributed by atoms with Crippen molar-refractivity contribution in [1.82, 2.24) is 4.98 Å². The zero-order chi connectivity index (χ0) is 17.6. The fourth-order valence-corrected chi connectivity index (χ4v) is 2.96. The van der Waals surface area contributed by atoms with Crippen LogP contribution in [0.25, 0.3) is 11.1 Å². The van der Waals surface area contributed by atoms with Crippen molar-refractivity contribution in [3.8, 4) is 22.9 Å². The molecule has 6 nitrogen and oxygen atoms in total. The molecule has 6 heteroatoms. The first-order valence-corrected chi connectivity index (χ1v) is 7.54. The first kappa shape index (κ1) is 14.9. The highest BCUT2D eigenvalue weighted by atomic mass is 16.3. The van der Waals surface area contributed by atoms with Crippen molar-refractivity contribution < 1.29 is 19.8 Å². The summed E-state index contributed by atoms with van der Waals surface area (Å²) in [6.45, 7) is 0. The third-order valence-electron chi connectivity index (χ3n) is 4.09. The highest BCUT2D eigenvalue weighted by molar-refractivity contribution is 6.56. The van der Waals surface area contributed by atoms with Crippen LogP contribution in [0.1, 0.15) is 26.3 Å². The van der Waals surface area contributed by atoms with E-state index in [0.717, 1.165) is 0 Å². The number of Topliss-reactive ketones (excluding diaryl/α,β-unsaturated/α-hetero) is 1. The molecule has 0 fully saturated rings. The van der Waals surface area contributed by atoms with Crippen LogP contribution in [0.4, 0.5) is 0 Å². The van der Waals surface area contributed by atoms with E-state index in [1.54, 1.807) is 54.6 Å². The van der Waals surface area contributed by atoms with Crippen LogP contribution in [0, 0.1) is 0 Å². The number of aromatic amines is 1. The fraction of sp³-hybridized carbons (Fsp3) is 0. The van der Waals surface area contributed by atoms with E-state index in [2.05, 4.69) is 9.98 Å². The minimum atomic E-state index is -0.602. The van der Waals surface area contributed by atoms with Crippen molar-refractivity contribution in [2.24, 2.45) is 4.99 Å². The molecule has 1 heterocycles. The van der Waals surface area contributed by atoms with E-state index in [4.69, 9.17) is 0 Å². The Morgan fingerprint density at radius 2 is 1.44 bits per heavy atom. The van der Waals surface area contributed by atoms with Crippen molar-refractivity contribution in [3.05, 3.63) is 71.3 Å². The Hall–Kier alpha value is -3.67. The number of hydrogen-bond acceptors (Lipinski definition) is 4. The first-order chi connectivity index (χ1) is 12.1. The lowest BCUT2D eigenvalue weighted by atomic mass is 9.85. The topological polar surface area (TPSA) is 103 Å². The van der Waals surface area contributed by atoms with Crippen molar-refractivity contribution in [2.45, 2.75) is 0 Å². The SMILES string of the molecule is O=C(N=C1C(=O)c2ccccc2-c2c(O)[nH]c(O)c21)c1ccccc1. The molecule has 0 radical (unpaired) electrons. The van der Waals surface area contributed by atoms with Crippen LogP contribution in [0.2, 0.25) is 0 Å². The number of amides is 1. The summed E-state index contributed by atoms with van der Waals surface area (Å²) < 4.78 is 0. The molecule has 0 bridgehead atoms. The van der Waals surface area contributed by atoms with Crippen molar-refractivity contribution in [1.29, 1.82) is 0 Å². The molecule has 0 saturated carbocycles. The number of aromatic nitrogens is 1. The average Bonchev–Trinajstić information content (AvgIpc) is 2.93. The van der Waals surface area contributed by atoms with Gasteiger partial charge in [0.05, 0.1) is 11.1 Å². The maximum absolute atomic E-state index is 12.8. The monoisotopic (exact) mass is 332 g/mol. The van der Waals surface area contributed by atoms with E-state index in [0.29, 0.717) is 16.7 Å². The van der Waals surface area contributed by atoms with Crippen LogP contribution in [-0.2, 0) is 0 Å². The Kier molecular flexibility index (Phi) is 3.25. The molecule has 0 spiro atoms. The molecule has 0 unspecified atom stereocenters. The highest BCUT2D eigenvalue weighted by Crippen LogP contribution is 2.43. The molecule has 25 heavy (non-hydrogen) atoms. The number of nitrogens with zero attached hydrogens (tertiary/aromatic N) is 1. The molecule has 0 atom stereocenters. The number of H-pyrrole nitrogens is 1. The van der Waals surface area contributed by atoms with E-state index in [-0.39, 0.29) is 22.7 Å². The van der Waals surface area contributed by atoms with Crippen molar-refractivity contribution in [3.63, 3.8) is 0 Å². The standard InChI is InChI=1S/C19H12N2O4/c22-16-12-9-5-4-8-11(12)13-14(19(25)21-18(13)24)15(16)20-17(23)10-6-2-1-3-7-10/h1-9,21,24-25H. The number of hydrogen-bond donors (Lipinski definition) is 3. The quantitative estimate of drug-likeness (QED) is 0.637. The minimum absolute atomic E-state index is 0.0329. The minimum Gasteiger partial charge on any atom is -0.494 e. The molecule has 122 valence electrons. The van der Waals surface area contributed by atoms with Crippen molar-refractivity contribution >= 4 is 17.4 Å². The lowest BCUT2D eigenvalue weighted by molar-refractivity contribution is 0.0992. The lowest BCUT2D eigenvalue weighted by Gasteiger charge is -2.17. The lowest BCUT2D eigenvalue weighted by Crippen LogP contribution is -2.22. The second-order valence-corrected chi connectivity index (χ2v) is 5.58. The predicted octanol–water partition coefficient (Wildman–Crippen LogP) is 2.92. The van der Waals surface area contributed by atoms with E-state index in [1.807, 2.05) is 0 Å². The molecule has 1 aromatic heterocycles. The van der Waals surface area contributed by atoms with Gasteiger partial charge < -0.3 is 10.2 Å². The number of benzene rings is 2. The molecule has 3 N–H and O–H groups in total. The number of fused-ring (bicyclic) bond motifs is 3. The van der Waals surface area contributed by atoms with E-state index in [9.17, 15) is 19.8 Å². The van der Waals surface area contributed by atoms with Gasteiger partial charge >= 0.3 is 0 Å². The largest absolute Gasteiger partial charge is 0.494 e. The highest BCUT2D eigenvalue weighted by Gasteiger charge is 2.35. The van der Waals surface area contributed by atoms with Crippen LogP contribution >= 0.6 is 0 Å². The fourth-order valence-electron chi connectivity index (χ4n) is 2.96. The summed E-state index contributed by atoms with van der Waals surface area (Å²) in [4.78, 5) is 31.6. The molecular weight excluding hydrogens is 320 g/mol. The zero-order valence-corrected chi connectivity index (χ0v) is 12.9. The number of carbonyl (C=O) groups is 2. The Labute approximate surface area is 142 Å². The number of nitrogens with one attached hydrogen (secondary N) is 1. The number of rotatable bonds is 1. The number of aromatic hydroxyl groups is 2. The number of aliphatic imine (C=N–C) groups is 1. The smallest absolute Gasteiger partial charge is 0.277 e. The third-order valence-corrected chi connectivity index (χ3v) is 4.09. The molecule has 0 aliphatic heterocycles. The van der Waals surface area contributed by atoms with Crippen LogP contribution in [0.15, 0.2) is 59.6 Å². The molecule has 1 aliphatic rings. The molecule has 1 amide bonds. The summed E-state index contributed by atoms with van der Waals surface area (Å²) in [5.74, 6) is -1.78. The Bertz CT molecular complexity index is 1050. The molecule has 0 saturated heterocycles. The van der Waals surface area contributed by atoms with Crippen LogP contribution in [0.3, 0.4) is 0 Å². The van der Waals surface area contributed by atoms with Gasteiger partial charge in [-0.3, -0.25) is 14.6 Å². The number of ketones is 1. The molecule has 1 aliphatic carbocycles. The van der Waals surface area contributed by atoms with Gasteiger partial charge in [-0.15, -0.1) is 0 Å². The van der Waals surface area contributed by atoms with Gasteiger partial charge in [-0.2, -0.15) is 0 Å². The van der Waals surface area contributed by atoms with Gasteiger partial charge in [0.1, 0.15) is 5.71 Å². The Morgan fingerprint density at radius 1 is 0.840 bits per heavy atom. The second-order valence-electron chi connectivity index (χ2n) is 5.58. The Morgan fingerprint density at radius 3 is 2.16 bits per heavy atom. The summed E-state index contributed by atoms with van der Waals surface area (Å²) in [6, 6.07) is 15.0. The summed E-state index contributed by atoms with van der Waals surface area (Å²) >= 11 is 0. The zero-order valence-electron chi connectivity index (χ0n) is 12.9. The first-order valence-electron chi connectivity index (χ1n) is 7.54. The summed E-state index contributed by atoms with van der Waals surface area (Å²) in [7, 11) is 0. The van der Waals surface area contributed by atoms with Gasteiger partial charge in [0, 0.05) is 11.1 Å². The van der Waals surface area contributed by atoms with Gasteiger partial charge in [-0.25, -0.2) is 4.99 Å². The normalized spacial score (nSPS) is 14.2. The summed E-state index contributed by atoms with van der Waals surface area (Å²) in [6.07, 6.45) is 0. The third kappa shape index (κ3) is 2.23. The van der Waals surface area contributed by atoms with Gasteiger partial charge in [0.2, 0.25) is 11.7 Å². The summed E-state index contributed by atoms with van der Waals surface area (Å²) in [5.41, 5.74) is 1.20. The van der Waals surface area contributed by atoms with Gasteiger partial charge in [-0.1, -0.05) is 42.5 Å². The number of carbonyl (C=O) groups excluding carboxylic acids is 2. The average molecular weight is 332 g/mol. The molecule has 2 aromatic carbocycles. The van der Waals surface area contributed by atoms with Crippen LogP contribution in [-0.4, -0.2) is 32.6 Å². The van der Waals surface area contributed by atoms with Crippen LogP contribution in [0.5, 0.6) is 11.8 Å². The van der Waals surface area contributed by atoms with E-state index >= 15 is 0 Å². The van der Waals surface area contributed by atoms with Crippen molar-refractivity contribution in [2.75, 3.05) is 0 Å². The second kappa shape index (κ2) is 5.45. The van der Waals surface area contributed by atoms with Gasteiger partial charge in [0.25, 0.3) is 5.91 Å².